The van der Waals surface area contributed by atoms with Crippen molar-refractivity contribution in [1.82, 2.24) is 125 Å². The smallest absolute Gasteiger partial charge is 0.488 e. The lowest BCUT2D eigenvalue weighted by molar-refractivity contribution is 0.0685. The summed E-state index contributed by atoms with van der Waals surface area (Å²) in [5.74, 6) is 1.34. The summed E-state index contributed by atoms with van der Waals surface area (Å²) in [7, 11) is -2.56. The van der Waals surface area contributed by atoms with Crippen LogP contribution >= 0.6 is 0 Å². The van der Waals surface area contributed by atoms with E-state index < -0.39 is 46.2 Å². The number of aryl methyl sites for hydroxylation is 1. The van der Waals surface area contributed by atoms with E-state index in [1.807, 2.05) is 99.6 Å². The van der Waals surface area contributed by atoms with Crippen molar-refractivity contribution in [2.24, 2.45) is 0 Å². The highest BCUT2D eigenvalue weighted by molar-refractivity contribution is 7.89. The molecule has 0 unspecified atom stereocenters. The maximum atomic E-state index is 12.4. The van der Waals surface area contributed by atoms with Crippen LogP contribution in [-0.4, -0.2) is 231 Å². The molecule has 15 N–H and O–H groups in total. The fourth-order valence-electron chi connectivity index (χ4n) is 14.4. The first-order chi connectivity index (χ1) is 66.5. The van der Waals surface area contributed by atoms with Crippen LogP contribution in [0.3, 0.4) is 0 Å². The van der Waals surface area contributed by atoms with E-state index in [4.69, 9.17) is 23.7 Å². The van der Waals surface area contributed by atoms with Crippen molar-refractivity contribution in [2.75, 3.05) is 52.9 Å². The zero-order valence-corrected chi connectivity index (χ0v) is 75.5. The van der Waals surface area contributed by atoms with Crippen molar-refractivity contribution in [3.05, 3.63) is 263 Å². The van der Waals surface area contributed by atoms with Crippen molar-refractivity contribution in [3.8, 4) is 130 Å². The maximum absolute atomic E-state index is 12.4. The van der Waals surface area contributed by atoms with Gasteiger partial charge in [0.25, 0.3) is 27.8 Å². The molecule has 138 heavy (non-hydrogen) atoms. The SMILES string of the molecule is CCOc1cc(-c2ccc(C)c(C(=O)O)c2)ccc1-c1nc2nc[nH]c2c(=O)[nH]1.CCOc1cc(-c2cccc(-c3nn[nH]n3)c2)ccc1-c1nc2nc[nH]c2c(=O)[nH]1.CCOc1cc(-c2cccc(C(=O)O)c2C)ccc1-c1nc2nc[nH]c2c(=O)[nH]1.CCOc1cc(B(O)O)ccc1-c1nc2nc[nH]c2c(=O)[nH]1.CCOc1cc(C(=O)CS(=O)(=O)N(C)C)ccc1-c1nc2nc[nH]c2c(=O)[nH]1. The van der Waals surface area contributed by atoms with Gasteiger partial charge in [-0.1, -0.05) is 72.8 Å². The van der Waals surface area contributed by atoms with Gasteiger partial charge in [0.2, 0.25) is 15.8 Å². The van der Waals surface area contributed by atoms with Gasteiger partial charge in [-0.3, -0.25) is 28.8 Å². The van der Waals surface area contributed by atoms with E-state index in [2.05, 4.69) is 120 Å². The summed E-state index contributed by atoms with van der Waals surface area (Å²) in [6.07, 6.45) is 7.04. The van der Waals surface area contributed by atoms with Gasteiger partial charge in [-0.15, -0.1) is 10.2 Å². The van der Waals surface area contributed by atoms with Gasteiger partial charge in [0.1, 0.15) is 63.6 Å². The van der Waals surface area contributed by atoms with Crippen molar-refractivity contribution in [3.63, 3.8) is 0 Å². The first-order valence-corrected chi connectivity index (χ1v) is 44.0. The van der Waals surface area contributed by atoms with Crippen LogP contribution in [0.1, 0.15) is 76.8 Å². The molecule has 0 bridgehead atoms. The van der Waals surface area contributed by atoms with E-state index in [0.717, 1.165) is 43.2 Å². The molecule has 0 spiro atoms. The summed E-state index contributed by atoms with van der Waals surface area (Å²) >= 11 is 0. The number of fused-ring (bicyclic) bond motifs is 5. The predicted molar refractivity (Wildman–Crippen MR) is 510 cm³/mol. The highest BCUT2D eigenvalue weighted by Gasteiger charge is 2.26. The van der Waals surface area contributed by atoms with Crippen molar-refractivity contribution in [1.29, 1.82) is 0 Å². The number of aromatic amines is 11. The van der Waals surface area contributed by atoms with Crippen LogP contribution in [0.5, 0.6) is 28.7 Å². The van der Waals surface area contributed by atoms with Crippen molar-refractivity contribution < 1.29 is 66.7 Å². The number of carbonyl (C=O) groups excluding carboxylic acids is 1. The maximum Gasteiger partial charge on any atom is 0.488 e. The van der Waals surface area contributed by atoms with Gasteiger partial charge in [-0.25, -0.2) is 72.2 Å². The summed E-state index contributed by atoms with van der Waals surface area (Å²) in [6, 6.07) is 44.0. The molecule has 0 radical (unpaired) electrons. The van der Waals surface area contributed by atoms with Gasteiger partial charge in [0.15, 0.2) is 61.6 Å². The molecular weight excluding hydrogens is 1800 g/mol. The predicted octanol–water partition coefficient (Wildman–Crippen LogP) is 9.51. The Labute approximate surface area is 778 Å². The lowest BCUT2D eigenvalue weighted by atomic mass is 9.80. The second kappa shape index (κ2) is 41.5. The molecule has 0 aliphatic rings. The molecule has 11 heterocycles. The van der Waals surface area contributed by atoms with Crippen molar-refractivity contribution in [2.45, 2.75) is 48.5 Å². The highest BCUT2D eigenvalue weighted by atomic mass is 32.2. The number of rotatable bonds is 26. The number of nitrogens with zero attached hydrogens (tertiary/aromatic N) is 14. The minimum atomic E-state index is -3.69. The van der Waals surface area contributed by atoms with Crippen LogP contribution in [0.2, 0.25) is 0 Å². The number of carboxylic acid groups (broad SMARTS) is 2. The standard InChI is InChI=1S/2C21H18N4O4.C20H16N8O2.C17H19N5O5S.C13H13BN4O4/c1-3-29-16-9-13(12-5-4-11(2)15(8-12)21(27)28)6-7-14(16)18-24-19-17(20(26)25-18)22-10-23-19;1-3-29-16-9-12(13-5-4-6-14(11(13)2)21(27)28)7-8-15(16)18-24-19-17(20(26)25-18)22-10-23-19;1-2-30-15-9-12(11-4-3-5-13(8-11)17-25-27-28-26-17)6-7-14(15)18-23-19-16(20(29)24-18)21-10-22-19;1-4-27-13-7-10(12(23)8-28(25,26)22(2)3)5-6-11(13)15-20-16-14(17(24)21-15)18-9-19-16;1-2-22-9-5-7(14(20)21)3-4-8(9)11-17-12-10(13(19)18-11)15-6-16-12/h2*4-10H,3H2,1-2H3,(H,27,28)(H2,22,23,24,25,26);3-10H,2H2,1H3,(H,25,26,27,28)(H2,21,22,23,24,29);5-7,9H,4,8H2,1-3H3,(H2,18,19,20,21,24);3-6,20-21H,2H2,1H3,(H2,15,16,17,18,19). The van der Waals surface area contributed by atoms with Crippen LogP contribution in [-0.2, 0) is 10.0 Å². The van der Waals surface area contributed by atoms with E-state index in [1.54, 1.807) is 76.2 Å². The van der Waals surface area contributed by atoms with Gasteiger partial charge < -0.3 is 93.8 Å². The normalized spacial score (nSPS) is 11.2. The number of Topliss-reactive ketones (excluding diaryl/α,β-unsaturated/α-hetero) is 1. The van der Waals surface area contributed by atoms with E-state index in [1.165, 1.54) is 70.0 Å². The second-order valence-electron chi connectivity index (χ2n) is 30.1. The number of ether oxygens (including phenoxy) is 5. The topological polar surface area (TPSA) is 642 Å². The first-order valence-electron chi connectivity index (χ1n) is 42.4. The largest absolute Gasteiger partial charge is 0.493 e. The third kappa shape index (κ3) is 20.8. The minimum Gasteiger partial charge on any atom is -0.493 e. The molecule has 11 aromatic heterocycles. The number of imidazole rings is 5. The first kappa shape index (κ1) is 94.7. The zero-order chi connectivity index (χ0) is 97.8. The Morgan fingerprint density at radius 3 is 1.12 bits per heavy atom. The summed E-state index contributed by atoms with van der Waals surface area (Å²) in [6.45, 7) is 14.7. The lowest BCUT2D eigenvalue weighted by Gasteiger charge is -2.14. The third-order valence-electron chi connectivity index (χ3n) is 21.2. The van der Waals surface area contributed by atoms with Crippen LogP contribution in [0.25, 0.3) is 158 Å². The van der Waals surface area contributed by atoms with Crippen LogP contribution < -0.4 is 56.9 Å². The fraction of sp³-hybridized carbons (Fsp3) is 0.163. The lowest BCUT2D eigenvalue weighted by Crippen LogP contribution is -2.29. The zero-order valence-electron chi connectivity index (χ0n) is 74.7. The average molecular weight is 1890 g/mol. The summed E-state index contributed by atoms with van der Waals surface area (Å²) < 4.78 is 53.5. The molecule has 0 amide bonds. The number of benzene rings is 8. The molecular formula is C92H84BN25O19S. The number of aromatic carboxylic acids is 2. The quantitative estimate of drug-likeness (QED) is 0.0177. The highest BCUT2D eigenvalue weighted by Crippen LogP contribution is 2.39. The molecule has 0 saturated carbocycles. The number of H-pyrrole nitrogens is 11. The molecule has 0 aliphatic heterocycles. The average Bonchev–Trinajstić information content (AvgIpc) is 1.59. The van der Waals surface area contributed by atoms with E-state index >= 15 is 0 Å². The molecule has 700 valence electrons. The second-order valence-corrected chi connectivity index (χ2v) is 32.3. The minimum absolute atomic E-state index is 0.181. The number of aromatic nitrogens is 24. The molecule has 44 nitrogen and oxygen atoms in total. The summed E-state index contributed by atoms with van der Waals surface area (Å²) in [5, 5.41) is 51.4. The van der Waals surface area contributed by atoms with Gasteiger partial charge in [0.05, 0.1) is 104 Å². The number of carbonyl (C=O) groups is 3. The monoisotopic (exact) mass is 1890 g/mol. The van der Waals surface area contributed by atoms with Gasteiger partial charge in [0, 0.05) is 25.2 Å². The Morgan fingerprint density at radius 1 is 0.391 bits per heavy atom. The molecule has 0 atom stereocenters. The Hall–Kier alpha value is -17.9. The van der Waals surface area contributed by atoms with Crippen molar-refractivity contribution >= 4 is 96.1 Å². The molecule has 19 aromatic rings. The Bertz CT molecular complexity index is 8230. The summed E-state index contributed by atoms with van der Waals surface area (Å²) in [5.41, 5.74) is 12.5. The number of tetrazole rings is 1. The Balaban J connectivity index is 0.000000131. The van der Waals surface area contributed by atoms with E-state index in [0.29, 0.717) is 175 Å². The molecule has 0 aliphatic carbocycles. The van der Waals surface area contributed by atoms with E-state index in [9.17, 15) is 67.0 Å². The van der Waals surface area contributed by atoms with E-state index in [-0.39, 0.29) is 61.4 Å². The van der Waals surface area contributed by atoms with Crippen LogP contribution in [0.15, 0.2) is 207 Å². The fourth-order valence-corrected chi connectivity index (χ4v) is 15.2. The third-order valence-corrected chi connectivity index (χ3v) is 22.9. The van der Waals surface area contributed by atoms with Crippen LogP contribution in [0.4, 0.5) is 0 Å². The number of hydrogen-bond acceptors (Lipinski definition) is 30. The molecule has 19 rings (SSSR count). The number of ketones is 1. The number of sulfonamides is 1. The molecule has 46 heteroatoms. The number of nitrogens with one attached hydrogen (secondary N) is 11. The summed E-state index contributed by atoms with van der Waals surface area (Å²) in [4.78, 5) is 166. The molecule has 0 fully saturated rings. The Morgan fingerprint density at radius 2 is 0.739 bits per heavy atom. The van der Waals surface area contributed by atoms with Gasteiger partial charge in [-0.05, 0) is 183 Å². The van der Waals surface area contributed by atoms with Gasteiger partial charge >= 0.3 is 19.1 Å². The molecule has 0 saturated heterocycles. The Kier molecular flexibility index (Phi) is 28.5. The number of hydrogen-bond donors (Lipinski definition) is 15. The number of carboxylic acids is 2. The van der Waals surface area contributed by atoms with Crippen LogP contribution in [0, 0.1) is 13.8 Å². The van der Waals surface area contributed by atoms with Gasteiger partial charge in [-0.2, -0.15) is 5.21 Å². The molecule has 8 aromatic carbocycles.